The molecule has 0 heterocycles. The lowest BCUT2D eigenvalue weighted by Gasteiger charge is -2.45. The maximum atomic E-state index is 7.18. The lowest BCUT2D eigenvalue weighted by atomic mass is 10.7. The summed E-state index contributed by atoms with van der Waals surface area (Å²) in [6.45, 7) is 24.3. The molecule has 0 N–H and O–H groups in total. The third-order valence-corrected chi connectivity index (χ3v) is 27.6. The van der Waals surface area contributed by atoms with E-state index in [4.69, 9.17) is 12.3 Å². The van der Waals surface area contributed by atoms with Gasteiger partial charge in [0, 0.05) is 0 Å². The van der Waals surface area contributed by atoms with Gasteiger partial charge in [-0.15, -0.1) is 0 Å². The topological polar surface area (TPSA) is 27.7 Å². The quantitative estimate of drug-likeness (QED) is 0.180. The summed E-state index contributed by atoms with van der Waals surface area (Å²) in [5.74, 6) is 3.14. The highest BCUT2D eigenvalue weighted by Crippen LogP contribution is 2.36. The highest BCUT2D eigenvalue weighted by molar-refractivity contribution is 6.95. The SMILES string of the molecule is C=CC#C[Si](O[Si](CC)(CC)CC)(O[Si](CC)(CC)CC)O[Si](CC)(CC)CC. The number of allylic oxidation sites excluding steroid dienone is 1. The summed E-state index contributed by atoms with van der Waals surface area (Å²) < 4.78 is 21.5. The molecule has 0 saturated heterocycles. The Morgan fingerprint density at radius 1 is 0.552 bits per heavy atom. The first-order valence-corrected chi connectivity index (χ1v) is 21.3. The van der Waals surface area contributed by atoms with E-state index in [1.165, 1.54) is 0 Å². The molecule has 29 heavy (non-hydrogen) atoms. The molecule has 0 amide bonds. The van der Waals surface area contributed by atoms with Crippen LogP contribution in [-0.2, 0) is 12.3 Å². The third kappa shape index (κ3) is 7.60. The van der Waals surface area contributed by atoms with Crippen molar-refractivity contribution in [2.24, 2.45) is 0 Å². The molecule has 0 bridgehead atoms. The summed E-state index contributed by atoms with van der Waals surface area (Å²) >= 11 is 0. The average Bonchev–Trinajstić information content (AvgIpc) is 2.78. The van der Waals surface area contributed by atoms with Gasteiger partial charge in [0.15, 0.2) is 25.0 Å². The van der Waals surface area contributed by atoms with Crippen LogP contribution in [-0.4, -0.2) is 33.8 Å². The summed E-state index contributed by atoms with van der Waals surface area (Å²) in [6, 6.07) is 9.71. The maximum absolute atomic E-state index is 7.18. The fraction of sp³-hybridized carbons (Fsp3) is 0.818. The minimum atomic E-state index is -3.16. The van der Waals surface area contributed by atoms with Crippen molar-refractivity contribution in [2.75, 3.05) is 0 Å². The van der Waals surface area contributed by atoms with Crippen LogP contribution >= 0.6 is 0 Å². The van der Waals surface area contributed by atoms with Crippen LogP contribution in [0.25, 0.3) is 0 Å². The molecule has 170 valence electrons. The lowest BCUT2D eigenvalue weighted by molar-refractivity contribution is 0.261. The van der Waals surface area contributed by atoms with E-state index in [9.17, 15) is 0 Å². The van der Waals surface area contributed by atoms with Crippen LogP contribution < -0.4 is 0 Å². The van der Waals surface area contributed by atoms with Gasteiger partial charge in [0.1, 0.15) is 0 Å². The Kier molecular flexibility index (Phi) is 13.5. The van der Waals surface area contributed by atoms with Gasteiger partial charge in [0.25, 0.3) is 0 Å². The van der Waals surface area contributed by atoms with Crippen LogP contribution in [0.4, 0.5) is 0 Å². The van der Waals surface area contributed by atoms with Gasteiger partial charge >= 0.3 is 8.80 Å². The van der Waals surface area contributed by atoms with Crippen LogP contribution in [0.2, 0.25) is 54.4 Å². The van der Waals surface area contributed by atoms with E-state index in [0.29, 0.717) is 0 Å². The Morgan fingerprint density at radius 3 is 0.966 bits per heavy atom. The molecule has 7 heteroatoms. The van der Waals surface area contributed by atoms with Gasteiger partial charge in [-0.1, -0.05) is 74.8 Å². The van der Waals surface area contributed by atoms with E-state index in [-0.39, 0.29) is 0 Å². The molecule has 0 aliphatic carbocycles. The summed E-state index contributed by atoms with van der Waals surface area (Å²) in [7, 11) is -9.04. The molecule has 0 unspecified atom stereocenters. The molecule has 0 fully saturated rings. The van der Waals surface area contributed by atoms with Gasteiger partial charge < -0.3 is 12.3 Å². The molecule has 0 radical (unpaired) electrons. The van der Waals surface area contributed by atoms with Crippen molar-refractivity contribution in [3.63, 3.8) is 0 Å². The molecule has 0 aromatic carbocycles. The van der Waals surface area contributed by atoms with Crippen LogP contribution in [0.3, 0.4) is 0 Å². The second kappa shape index (κ2) is 13.5. The zero-order valence-corrected chi connectivity index (χ0v) is 24.9. The standard InChI is InChI=1S/C22H48O3Si4/c1-11-21-22-29(23-26(12-2,13-3)14-4,24-27(15-5,16-6)17-7)25-28(18-8,19-9)20-10/h11H,1,12-20H2,2-10H3. The van der Waals surface area contributed by atoms with Gasteiger partial charge in [-0.2, -0.15) is 0 Å². The van der Waals surface area contributed by atoms with E-state index < -0.39 is 33.8 Å². The molecule has 0 atom stereocenters. The Balaban J connectivity index is 6.68. The molecular formula is C22H48O3Si4. The van der Waals surface area contributed by atoms with Crippen molar-refractivity contribution in [1.29, 1.82) is 0 Å². The predicted molar refractivity (Wildman–Crippen MR) is 139 cm³/mol. The lowest BCUT2D eigenvalue weighted by Crippen LogP contribution is -2.64. The van der Waals surface area contributed by atoms with E-state index >= 15 is 0 Å². The Morgan fingerprint density at radius 2 is 0.793 bits per heavy atom. The molecule has 3 nitrogen and oxygen atoms in total. The van der Waals surface area contributed by atoms with E-state index in [1.807, 2.05) is 0 Å². The van der Waals surface area contributed by atoms with Crippen molar-refractivity contribution in [3.8, 4) is 11.5 Å². The number of hydrogen-bond donors (Lipinski definition) is 0. The Bertz CT molecular complexity index is 450. The smallest absolute Gasteiger partial charge is 0.407 e. The van der Waals surface area contributed by atoms with Gasteiger partial charge in [0.2, 0.25) is 0 Å². The molecule has 0 rings (SSSR count). The van der Waals surface area contributed by atoms with E-state index in [2.05, 4.69) is 80.4 Å². The minimum Gasteiger partial charge on any atom is -0.407 e. The van der Waals surface area contributed by atoms with Gasteiger partial charge in [0.05, 0.1) is 0 Å². The zero-order chi connectivity index (χ0) is 22.6. The van der Waals surface area contributed by atoms with Gasteiger partial charge in [-0.25, -0.2) is 0 Å². The summed E-state index contributed by atoms with van der Waals surface area (Å²) in [6.07, 6.45) is 1.67. The fourth-order valence-electron chi connectivity index (χ4n) is 4.03. The summed E-state index contributed by atoms with van der Waals surface area (Å²) in [4.78, 5) is 0. The first kappa shape index (κ1) is 29.0. The van der Waals surface area contributed by atoms with Crippen LogP contribution in [0, 0.1) is 11.5 Å². The fourth-order valence-corrected chi connectivity index (χ4v) is 23.1. The van der Waals surface area contributed by atoms with Crippen molar-refractivity contribution in [3.05, 3.63) is 12.7 Å². The third-order valence-electron chi connectivity index (χ3n) is 7.18. The maximum Gasteiger partial charge on any atom is 0.560 e. The monoisotopic (exact) mass is 472 g/mol. The van der Waals surface area contributed by atoms with E-state index in [0.717, 1.165) is 54.4 Å². The highest BCUT2D eigenvalue weighted by atomic mass is 28.5. The van der Waals surface area contributed by atoms with E-state index in [1.54, 1.807) is 6.08 Å². The molecule has 0 spiro atoms. The van der Waals surface area contributed by atoms with Crippen LogP contribution in [0.1, 0.15) is 62.3 Å². The second-order valence-electron chi connectivity index (χ2n) is 8.07. The predicted octanol–water partition coefficient (Wildman–Crippen LogP) is 7.72. The molecule has 0 aliphatic heterocycles. The first-order chi connectivity index (χ1) is 13.7. The van der Waals surface area contributed by atoms with Gasteiger partial charge in [-0.05, 0) is 66.0 Å². The number of hydrogen-bond acceptors (Lipinski definition) is 3. The van der Waals surface area contributed by atoms with Crippen LogP contribution in [0.15, 0.2) is 12.7 Å². The minimum absolute atomic E-state index is 1.08. The van der Waals surface area contributed by atoms with Crippen molar-refractivity contribution in [2.45, 2.75) is 117 Å². The first-order valence-electron chi connectivity index (χ1n) is 12.0. The Labute approximate surface area is 186 Å². The van der Waals surface area contributed by atoms with Crippen molar-refractivity contribution >= 4 is 33.8 Å². The average molecular weight is 473 g/mol. The largest absolute Gasteiger partial charge is 0.560 e. The van der Waals surface area contributed by atoms with Crippen LogP contribution in [0.5, 0.6) is 0 Å². The Hall–Kier alpha value is 0.0475. The number of rotatable bonds is 15. The second-order valence-corrected chi connectivity index (χ2v) is 25.3. The molecular weight excluding hydrogens is 425 g/mol. The molecule has 0 saturated carbocycles. The summed E-state index contributed by atoms with van der Waals surface area (Å²) in [5, 5.41) is 0. The van der Waals surface area contributed by atoms with Crippen molar-refractivity contribution < 1.29 is 12.3 Å². The molecule has 0 aromatic heterocycles. The molecule has 0 aromatic rings. The van der Waals surface area contributed by atoms with Crippen molar-refractivity contribution in [1.82, 2.24) is 0 Å². The highest BCUT2D eigenvalue weighted by Gasteiger charge is 2.55. The zero-order valence-electron chi connectivity index (χ0n) is 20.9. The molecule has 0 aliphatic rings. The summed E-state index contributed by atoms with van der Waals surface area (Å²) in [5.41, 5.74) is 3.47. The normalized spacial score (nSPS) is 13.1. The van der Waals surface area contributed by atoms with Gasteiger partial charge in [-0.3, -0.25) is 0 Å².